The van der Waals surface area contributed by atoms with Crippen LogP contribution in [0.25, 0.3) is 0 Å². The number of nitrogens with one attached hydrogen (secondary N) is 2. The Kier molecular flexibility index (Phi) is 6.69. The number of aryl methyl sites for hydroxylation is 1. The number of benzene rings is 1. The highest BCUT2D eigenvalue weighted by Crippen LogP contribution is 2.26. The van der Waals surface area contributed by atoms with E-state index in [2.05, 4.69) is 15.6 Å². The average Bonchev–Trinajstić information content (AvgIpc) is 2.69. The van der Waals surface area contributed by atoms with Gasteiger partial charge in [0.05, 0.1) is 22.9 Å². The van der Waals surface area contributed by atoms with Gasteiger partial charge in [0.1, 0.15) is 0 Å². The van der Waals surface area contributed by atoms with Gasteiger partial charge < -0.3 is 15.7 Å². The summed E-state index contributed by atoms with van der Waals surface area (Å²) in [6, 6.07) is 7.63. The molecule has 0 radical (unpaired) electrons. The standard InChI is InChI=1S/C21H26ClN3O2/c1-14-2-7-20(22)19(8-14)21(27)25-17-5-3-15(4-6-17)11-24-18-9-16(13-26)10-23-12-18/h2,7-10,12,15,17,24,26H,3-6,11,13H2,1H3,(H,25,27). The number of carbonyl (C=O) groups is 1. The molecule has 2 aromatic rings. The van der Waals surface area contributed by atoms with Gasteiger partial charge in [-0.05, 0) is 62.3 Å². The van der Waals surface area contributed by atoms with Gasteiger partial charge in [0.2, 0.25) is 0 Å². The lowest BCUT2D eigenvalue weighted by Crippen LogP contribution is -2.38. The average molecular weight is 388 g/mol. The maximum Gasteiger partial charge on any atom is 0.253 e. The van der Waals surface area contributed by atoms with Crippen LogP contribution in [0.3, 0.4) is 0 Å². The van der Waals surface area contributed by atoms with Crippen LogP contribution in [0.4, 0.5) is 5.69 Å². The molecule has 0 saturated heterocycles. The Hall–Kier alpha value is -2.11. The zero-order valence-electron chi connectivity index (χ0n) is 15.5. The van der Waals surface area contributed by atoms with Crippen molar-refractivity contribution >= 4 is 23.2 Å². The van der Waals surface area contributed by atoms with Crippen LogP contribution < -0.4 is 10.6 Å². The molecule has 1 amide bonds. The number of pyridine rings is 1. The number of aliphatic hydroxyl groups excluding tert-OH is 1. The number of carbonyl (C=O) groups excluding carboxylic acids is 1. The number of rotatable bonds is 6. The third kappa shape index (κ3) is 5.44. The summed E-state index contributed by atoms with van der Waals surface area (Å²) in [5.74, 6) is 0.482. The van der Waals surface area contributed by atoms with Crippen molar-refractivity contribution in [3.8, 4) is 0 Å². The summed E-state index contributed by atoms with van der Waals surface area (Å²) < 4.78 is 0. The van der Waals surface area contributed by atoms with Crippen LogP contribution in [0, 0.1) is 12.8 Å². The second-order valence-corrected chi connectivity index (χ2v) is 7.70. The summed E-state index contributed by atoms with van der Waals surface area (Å²) in [7, 11) is 0. The Bertz CT molecular complexity index is 789. The van der Waals surface area contributed by atoms with E-state index in [-0.39, 0.29) is 18.6 Å². The van der Waals surface area contributed by atoms with Crippen LogP contribution in [0.5, 0.6) is 0 Å². The minimum absolute atomic E-state index is 0.00170. The second kappa shape index (κ2) is 9.20. The van der Waals surface area contributed by atoms with Crippen LogP contribution >= 0.6 is 11.6 Å². The van der Waals surface area contributed by atoms with Gasteiger partial charge in [-0.25, -0.2) is 0 Å². The van der Waals surface area contributed by atoms with E-state index in [1.807, 2.05) is 25.1 Å². The highest BCUT2D eigenvalue weighted by Gasteiger charge is 2.23. The first-order valence-electron chi connectivity index (χ1n) is 9.41. The number of anilines is 1. The number of nitrogens with zero attached hydrogens (tertiary/aromatic N) is 1. The zero-order valence-corrected chi connectivity index (χ0v) is 16.3. The van der Waals surface area contributed by atoms with Gasteiger partial charge in [-0.1, -0.05) is 23.2 Å². The molecular weight excluding hydrogens is 362 g/mol. The summed E-state index contributed by atoms with van der Waals surface area (Å²) in [5.41, 5.74) is 3.32. The lowest BCUT2D eigenvalue weighted by molar-refractivity contribution is 0.0922. The van der Waals surface area contributed by atoms with Gasteiger partial charge in [-0.15, -0.1) is 0 Å². The molecule has 3 N–H and O–H groups in total. The molecule has 1 fully saturated rings. The van der Waals surface area contributed by atoms with Crippen LogP contribution in [-0.4, -0.2) is 28.6 Å². The van der Waals surface area contributed by atoms with E-state index in [9.17, 15) is 9.90 Å². The first-order chi connectivity index (χ1) is 13.0. The topological polar surface area (TPSA) is 74.2 Å². The predicted octanol–water partition coefficient (Wildman–Crippen LogP) is 3.94. The summed E-state index contributed by atoms with van der Waals surface area (Å²) >= 11 is 6.16. The smallest absolute Gasteiger partial charge is 0.253 e. The number of halogens is 1. The minimum atomic E-state index is -0.0860. The lowest BCUT2D eigenvalue weighted by atomic mass is 9.86. The summed E-state index contributed by atoms with van der Waals surface area (Å²) in [4.78, 5) is 16.6. The van der Waals surface area contributed by atoms with Gasteiger partial charge in [-0.3, -0.25) is 9.78 Å². The maximum absolute atomic E-state index is 12.5. The molecule has 6 heteroatoms. The Morgan fingerprint density at radius 2 is 2.00 bits per heavy atom. The number of hydrogen-bond acceptors (Lipinski definition) is 4. The van der Waals surface area contributed by atoms with Crippen molar-refractivity contribution in [2.45, 2.75) is 45.3 Å². The molecule has 0 spiro atoms. The molecule has 1 heterocycles. The molecule has 3 rings (SSSR count). The van der Waals surface area contributed by atoms with Crippen molar-refractivity contribution in [1.29, 1.82) is 0 Å². The molecule has 1 saturated carbocycles. The third-order valence-corrected chi connectivity index (χ3v) is 5.45. The van der Waals surface area contributed by atoms with E-state index in [0.717, 1.165) is 49.0 Å². The Morgan fingerprint density at radius 3 is 2.74 bits per heavy atom. The molecule has 0 atom stereocenters. The first kappa shape index (κ1) is 19.6. The van der Waals surface area contributed by atoms with Crippen molar-refractivity contribution in [2.24, 2.45) is 5.92 Å². The molecule has 27 heavy (non-hydrogen) atoms. The fourth-order valence-corrected chi connectivity index (χ4v) is 3.72. The Balaban J connectivity index is 1.46. The van der Waals surface area contributed by atoms with Crippen molar-refractivity contribution < 1.29 is 9.90 Å². The van der Waals surface area contributed by atoms with E-state index in [1.54, 1.807) is 18.5 Å². The predicted molar refractivity (Wildman–Crippen MR) is 108 cm³/mol. The second-order valence-electron chi connectivity index (χ2n) is 7.30. The van der Waals surface area contributed by atoms with Crippen LogP contribution in [0.1, 0.15) is 47.2 Å². The molecule has 0 bridgehead atoms. The molecule has 1 aliphatic rings. The van der Waals surface area contributed by atoms with Crippen molar-refractivity contribution in [1.82, 2.24) is 10.3 Å². The fraction of sp³-hybridized carbons (Fsp3) is 0.429. The van der Waals surface area contributed by atoms with Gasteiger partial charge in [0, 0.05) is 25.0 Å². The molecule has 0 unspecified atom stereocenters. The van der Waals surface area contributed by atoms with Crippen molar-refractivity contribution in [2.75, 3.05) is 11.9 Å². The van der Waals surface area contributed by atoms with E-state index >= 15 is 0 Å². The van der Waals surface area contributed by atoms with Gasteiger partial charge in [-0.2, -0.15) is 0 Å². The van der Waals surface area contributed by atoms with Crippen molar-refractivity contribution in [3.05, 3.63) is 58.4 Å². The zero-order chi connectivity index (χ0) is 19.2. The molecule has 0 aliphatic heterocycles. The number of aliphatic hydroxyl groups is 1. The van der Waals surface area contributed by atoms with E-state index in [4.69, 9.17) is 11.6 Å². The normalized spacial score (nSPS) is 19.5. The molecule has 1 aromatic carbocycles. The SMILES string of the molecule is Cc1ccc(Cl)c(C(=O)NC2CCC(CNc3cncc(CO)c3)CC2)c1. The highest BCUT2D eigenvalue weighted by molar-refractivity contribution is 6.33. The number of hydrogen-bond donors (Lipinski definition) is 3. The molecule has 144 valence electrons. The maximum atomic E-state index is 12.5. The highest BCUT2D eigenvalue weighted by atomic mass is 35.5. The van der Waals surface area contributed by atoms with Gasteiger partial charge >= 0.3 is 0 Å². The Labute approximate surface area is 165 Å². The van der Waals surface area contributed by atoms with Gasteiger partial charge in [0.25, 0.3) is 5.91 Å². The van der Waals surface area contributed by atoms with Crippen LogP contribution in [0.15, 0.2) is 36.7 Å². The van der Waals surface area contributed by atoms with Crippen molar-refractivity contribution in [3.63, 3.8) is 0 Å². The largest absolute Gasteiger partial charge is 0.392 e. The number of aromatic nitrogens is 1. The molecular formula is C21H26ClN3O2. The van der Waals surface area contributed by atoms with E-state index in [1.165, 1.54) is 0 Å². The third-order valence-electron chi connectivity index (χ3n) is 5.12. The quantitative estimate of drug-likeness (QED) is 0.701. The lowest BCUT2D eigenvalue weighted by Gasteiger charge is -2.29. The molecule has 1 aromatic heterocycles. The van der Waals surface area contributed by atoms with Crippen LogP contribution in [0.2, 0.25) is 5.02 Å². The fourth-order valence-electron chi connectivity index (χ4n) is 3.52. The molecule has 5 nitrogen and oxygen atoms in total. The van der Waals surface area contributed by atoms with E-state index < -0.39 is 0 Å². The summed E-state index contributed by atoms with van der Waals surface area (Å²) in [5, 5.41) is 16.2. The summed E-state index contributed by atoms with van der Waals surface area (Å²) in [6.45, 7) is 2.83. The minimum Gasteiger partial charge on any atom is -0.392 e. The first-order valence-corrected chi connectivity index (χ1v) is 9.78. The summed E-state index contributed by atoms with van der Waals surface area (Å²) in [6.07, 6.45) is 7.50. The Morgan fingerprint density at radius 1 is 1.22 bits per heavy atom. The van der Waals surface area contributed by atoms with Gasteiger partial charge in [0.15, 0.2) is 0 Å². The van der Waals surface area contributed by atoms with E-state index in [0.29, 0.717) is 16.5 Å². The molecule has 1 aliphatic carbocycles. The monoisotopic (exact) mass is 387 g/mol. The van der Waals surface area contributed by atoms with Crippen LogP contribution in [-0.2, 0) is 6.61 Å². The number of amides is 1.